The molecule has 1 saturated carbocycles. The number of hydrogen-bond donors (Lipinski definition) is 2. The lowest BCUT2D eigenvalue weighted by Gasteiger charge is -2.21. The third-order valence-electron chi connectivity index (χ3n) is 6.65. The third-order valence-corrected chi connectivity index (χ3v) is 6.65. The van der Waals surface area contributed by atoms with Crippen molar-refractivity contribution in [3.05, 3.63) is 29.8 Å². The SMILES string of the molecule is Cc1nn(C)cc1-c1cn2ncc(C(N)=O)c(N[C@@H]3CN(C(=O)C4(C#N)CC4)C[C@H]3C)c2n1. The number of rotatable bonds is 5. The van der Waals surface area contributed by atoms with E-state index in [2.05, 4.69) is 21.6 Å². The van der Waals surface area contributed by atoms with E-state index in [1.54, 1.807) is 20.3 Å². The van der Waals surface area contributed by atoms with E-state index in [1.165, 1.54) is 6.20 Å². The lowest BCUT2D eigenvalue weighted by atomic mass is 10.1. The van der Waals surface area contributed by atoms with Crippen molar-refractivity contribution >= 4 is 23.1 Å². The van der Waals surface area contributed by atoms with Crippen LogP contribution < -0.4 is 11.1 Å². The van der Waals surface area contributed by atoms with Gasteiger partial charge >= 0.3 is 0 Å². The second kappa shape index (κ2) is 7.30. The highest BCUT2D eigenvalue weighted by molar-refractivity contribution is 6.01. The van der Waals surface area contributed by atoms with Gasteiger partial charge in [-0.1, -0.05) is 6.92 Å². The Morgan fingerprint density at radius 2 is 2.06 bits per heavy atom. The fraction of sp³-hybridized carbons (Fsp3) is 0.455. The molecule has 11 heteroatoms. The summed E-state index contributed by atoms with van der Waals surface area (Å²) in [5.74, 6) is -0.617. The van der Waals surface area contributed by atoms with Crippen LogP contribution in [0, 0.1) is 29.6 Å². The zero-order chi connectivity index (χ0) is 23.5. The zero-order valence-corrected chi connectivity index (χ0v) is 18.7. The van der Waals surface area contributed by atoms with Crippen molar-refractivity contribution in [3.63, 3.8) is 0 Å². The average molecular weight is 448 g/mol. The smallest absolute Gasteiger partial charge is 0.252 e. The first-order chi connectivity index (χ1) is 15.7. The van der Waals surface area contributed by atoms with Crippen LogP contribution in [0.5, 0.6) is 0 Å². The molecule has 0 unspecified atom stereocenters. The standard InChI is InChI=1S/C22H25N9O2/c1-12-7-30(21(33)22(11-23)4-5-22)9-16(12)26-18-14(19(24)32)6-25-31-10-17(27-20(18)31)15-8-29(3)28-13(15)2/h6,8,10,12,16,26H,4-5,7,9H2,1-3H3,(H2,24,32)/t12-,16-/m1/s1. The van der Waals surface area contributed by atoms with Gasteiger partial charge in [0.2, 0.25) is 5.91 Å². The van der Waals surface area contributed by atoms with Crippen molar-refractivity contribution in [2.45, 2.75) is 32.7 Å². The normalized spacial score (nSPS) is 21.2. The van der Waals surface area contributed by atoms with E-state index in [-0.39, 0.29) is 23.4 Å². The van der Waals surface area contributed by atoms with Crippen LogP contribution >= 0.6 is 0 Å². The van der Waals surface area contributed by atoms with E-state index >= 15 is 0 Å². The Hall–Kier alpha value is -3.94. The molecule has 1 saturated heterocycles. The van der Waals surface area contributed by atoms with Crippen molar-refractivity contribution in [3.8, 4) is 17.3 Å². The maximum absolute atomic E-state index is 12.9. The number of anilines is 1. The topological polar surface area (TPSA) is 147 Å². The van der Waals surface area contributed by atoms with Crippen LogP contribution in [0.25, 0.3) is 16.9 Å². The summed E-state index contributed by atoms with van der Waals surface area (Å²) in [4.78, 5) is 31.5. The molecule has 170 valence electrons. The van der Waals surface area contributed by atoms with Crippen molar-refractivity contribution in [1.29, 1.82) is 5.26 Å². The maximum Gasteiger partial charge on any atom is 0.252 e. The average Bonchev–Trinajstić information content (AvgIpc) is 3.13. The molecule has 11 nitrogen and oxygen atoms in total. The van der Waals surface area contributed by atoms with Crippen LogP contribution in [-0.4, -0.2) is 60.2 Å². The fourth-order valence-electron chi connectivity index (χ4n) is 4.55. The Bertz CT molecular complexity index is 1330. The number of amides is 2. The van der Waals surface area contributed by atoms with E-state index in [4.69, 9.17) is 10.7 Å². The number of imidazole rings is 1. The number of nitrogens with two attached hydrogens (primary N) is 1. The molecule has 2 amide bonds. The van der Waals surface area contributed by atoms with Gasteiger partial charge in [-0.2, -0.15) is 15.5 Å². The summed E-state index contributed by atoms with van der Waals surface area (Å²) in [6, 6.07) is 2.05. The lowest BCUT2D eigenvalue weighted by Crippen LogP contribution is -2.36. The number of nitrogens with one attached hydrogen (secondary N) is 1. The molecule has 0 radical (unpaired) electrons. The zero-order valence-electron chi connectivity index (χ0n) is 18.7. The molecular weight excluding hydrogens is 422 g/mol. The van der Waals surface area contributed by atoms with Gasteiger partial charge in [-0.3, -0.25) is 14.3 Å². The van der Waals surface area contributed by atoms with E-state index in [9.17, 15) is 14.9 Å². The van der Waals surface area contributed by atoms with Crippen molar-refractivity contribution in [2.24, 2.45) is 24.1 Å². The minimum atomic E-state index is -0.851. The summed E-state index contributed by atoms with van der Waals surface area (Å²) in [6.07, 6.45) is 6.33. The summed E-state index contributed by atoms with van der Waals surface area (Å²) in [6.45, 7) is 4.92. The Labute approximate surface area is 190 Å². The summed E-state index contributed by atoms with van der Waals surface area (Å²) >= 11 is 0. The second-order valence-electron chi connectivity index (χ2n) is 9.13. The minimum absolute atomic E-state index is 0.104. The van der Waals surface area contributed by atoms with Gasteiger partial charge in [0.25, 0.3) is 5.91 Å². The quantitative estimate of drug-likeness (QED) is 0.595. The lowest BCUT2D eigenvalue weighted by molar-refractivity contribution is -0.134. The Kier molecular flexibility index (Phi) is 4.63. The van der Waals surface area contributed by atoms with E-state index < -0.39 is 11.3 Å². The second-order valence-corrected chi connectivity index (χ2v) is 9.13. The number of aryl methyl sites for hydroxylation is 2. The molecule has 3 N–H and O–H groups in total. The molecule has 1 aliphatic heterocycles. The van der Waals surface area contributed by atoms with Gasteiger partial charge < -0.3 is 16.0 Å². The molecule has 0 aromatic carbocycles. The number of primary amides is 1. The van der Waals surface area contributed by atoms with Gasteiger partial charge in [-0.25, -0.2) is 9.50 Å². The van der Waals surface area contributed by atoms with E-state index in [1.807, 2.05) is 27.1 Å². The predicted octanol–water partition coefficient (Wildman–Crippen LogP) is 1.10. The van der Waals surface area contributed by atoms with Gasteiger partial charge in [-0.15, -0.1) is 0 Å². The molecule has 2 fully saturated rings. The highest BCUT2D eigenvalue weighted by atomic mass is 16.2. The molecule has 2 aliphatic rings. The fourth-order valence-corrected chi connectivity index (χ4v) is 4.55. The highest BCUT2D eigenvalue weighted by Crippen LogP contribution is 2.47. The number of nitrogens with zero attached hydrogens (tertiary/aromatic N) is 7. The number of nitriles is 1. The largest absolute Gasteiger partial charge is 0.376 e. The van der Waals surface area contributed by atoms with Crippen LogP contribution in [-0.2, 0) is 11.8 Å². The molecule has 2 atom stereocenters. The van der Waals surface area contributed by atoms with Gasteiger partial charge in [0.1, 0.15) is 5.41 Å². The first kappa shape index (κ1) is 20.9. The molecule has 33 heavy (non-hydrogen) atoms. The molecule has 5 rings (SSSR count). The Morgan fingerprint density at radius 3 is 2.67 bits per heavy atom. The molecule has 3 aromatic heterocycles. The molecule has 0 spiro atoms. The summed E-state index contributed by atoms with van der Waals surface area (Å²) < 4.78 is 3.32. The van der Waals surface area contributed by atoms with Crippen LogP contribution in [0.2, 0.25) is 0 Å². The molecule has 3 aromatic rings. The van der Waals surface area contributed by atoms with Crippen molar-refractivity contribution < 1.29 is 9.59 Å². The van der Waals surface area contributed by atoms with Crippen LogP contribution in [0.15, 0.2) is 18.6 Å². The summed E-state index contributed by atoms with van der Waals surface area (Å²) in [5.41, 5.74) is 8.36. The van der Waals surface area contributed by atoms with Gasteiger partial charge in [0.15, 0.2) is 5.65 Å². The first-order valence-electron chi connectivity index (χ1n) is 10.9. The summed E-state index contributed by atoms with van der Waals surface area (Å²) in [7, 11) is 1.84. The van der Waals surface area contributed by atoms with Crippen LogP contribution in [0.3, 0.4) is 0 Å². The predicted molar refractivity (Wildman–Crippen MR) is 119 cm³/mol. The van der Waals surface area contributed by atoms with Crippen molar-refractivity contribution in [2.75, 3.05) is 18.4 Å². The number of likely N-dealkylation sites (tertiary alicyclic amines) is 1. The molecule has 0 bridgehead atoms. The number of fused-ring (bicyclic) bond motifs is 1. The van der Waals surface area contributed by atoms with Crippen molar-refractivity contribution in [1.82, 2.24) is 29.3 Å². The van der Waals surface area contributed by atoms with Gasteiger partial charge in [0, 0.05) is 37.9 Å². The Balaban J connectivity index is 1.49. The number of carbonyl (C=O) groups excluding carboxylic acids is 2. The highest BCUT2D eigenvalue weighted by Gasteiger charge is 2.54. The van der Waals surface area contributed by atoms with Crippen LogP contribution in [0.4, 0.5) is 5.69 Å². The maximum atomic E-state index is 12.9. The van der Waals surface area contributed by atoms with E-state index in [0.29, 0.717) is 43.0 Å². The number of hydrogen-bond acceptors (Lipinski definition) is 7. The Morgan fingerprint density at radius 1 is 1.30 bits per heavy atom. The minimum Gasteiger partial charge on any atom is -0.376 e. The molecule has 1 aliphatic carbocycles. The van der Waals surface area contributed by atoms with E-state index in [0.717, 1.165) is 11.3 Å². The van der Waals surface area contributed by atoms with Gasteiger partial charge in [-0.05, 0) is 25.7 Å². The first-order valence-corrected chi connectivity index (χ1v) is 10.9. The van der Waals surface area contributed by atoms with Crippen LogP contribution in [0.1, 0.15) is 35.8 Å². The molecule has 4 heterocycles. The summed E-state index contributed by atoms with van der Waals surface area (Å²) in [5, 5.41) is 21.5. The molecular formula is C22H25N9O2. The third kappa shape index (κ3) is 3.38. The van der Waals surface area contributed by atoms with Gasteiger partial charge in [0.05, 0.1) is 41.1 Å². The monoisotopic (exact) mass is 447 g/mol. The number of aromatic nitrogens is 5. The number of carbonyl (C=O) groups is 2.